The Morgan fingerprint density at radius 2 is 2.33 bits per heavy atom. The molecule has 0 unspecified atom stereocenters. The summed E-state index contributed by atoms with van der Waals surface area (Å²) < 4.78 is 4.61. The van der Waals surface area contributed by atoms with Gasteiger partial charge in [0.1, 0.15) is 11.7 Å². The summed E-state index contributed by atoms with van der Waals surface area (Å²) in [5.41, 5.74) is 0.164. The van der Waals surface area contributed by atoms with E-state index in [4.69, 9.17) is 11.6 Å². The number of ether oxygens (including phenoxy) is 1. The van der Waals surface area contributed by atoms with Crippen LogP contribution in [-0.4, -0.2) is 42.0 Å². The summed E-state index contributed by atoms with van der Waals surface area (Å²) in [5, 5.41) is 2.97. The van der Waals surface area contributed by atoms with Crippen LogP contribution in [0, 0.1) is 0 Å². The maximum Gasteiger partial charge on any atom is 0.329 e. The second-order valence-electron chi connectivity index (χ2n) is 3.36. The molecule has 1 heterocycles. The minimum atomic E-state index is -0.696. The number of carbonyl (C=O) groups is 2. The van der Waals surface area contributed by atoms with Crippen LogP contribution in [0.3, 0.4) is 0 Å². The Hall–Kier alpha value is -1.27. The van der Waals surface area contributed by atoms with E-state index in [1.807, 2.05) is 6.26 Å². The number of hydrogen-bond donors (Lipinski definition) is 1. The number of nitrogens with one attached hydrogen (secondary N) is 1. The third-order valence-electron chi connectivity index (χ3n) is 2.08. The molecule has 0 aromatic carbocycles. The van der Waals surface area contributed by atoms with Gasteiger partial charge in [0, 0.05) is 17.0 Å². The van der Waals surface area contributed by atoms with Crippen molar-refractivity contribution in [2.24, 2.45) is 0 Å². The number of nitrogens with zero attached hydrogens (tertiary/aromatic N) is 1. The molecule has 1 amide bonds. The first-order valence-corrected chi connectivity index (χ1v) is 6.85. The molecule has 1 aromatic rings. The second kappa shape index (κ2) is 7.23. The third kappa shape index (κ3) is 4.19. The molecule has 0 aliphatic heterocycles. The van der Waals surface area contributed by atoms with Gasteiger partial charge in [-0.05, 0) is 18.4 Å². The summed E-state index contributed by atoms with van der Waals surface area (Å²) in [6.45, 7) is 0. The highest BCUT2D eigenvalue weighted by Crippen LogP contribution is 2.08. The van der Waals surface area contributed by atoms with E-state index in [0.29, 0.717) is 10.8 Å². The summed E-state index contributed by atoms with van der Waals surface area (Å²) in [4.78, 5) is 27.2. The molecule has 1 aromatic heterocycles. The molecule has 0 saturated heterocycles. The first-order chi connectivity index (χ1) is 8.58. The zero-order valence-electron chi connectivity index (χ0n) is 9.97. The zero-order valence-corrected chi connectivity index (χ0v) is 11.5. The highest BCUT2D eigenvalue weighted by molar-refractivity contribution is 7.98. The van der Waals surface area contributed by atoms with Crippen molar-refractivity contribution in [2.75, 3.05) is 19.1 Å². The van der Waals surface area contributed by atoms with Crippen molar-refractivity contribution in [3.63, 3.8) is 0 Å². The monoisotopic (exact) mass is 288 g/mol. The van der Waals surface area contributed by atoms with Crippen molar-refractivity contribution in [2.45, 2.75) is 6.04 Å². The summed E-state index contributed by atoms with van der Waals surface area (Å²) in [6, 6.07) is 2.31. The predicted molar refractivity (Wildman–Crippen MR) is 70.9 cm³/mol. The van der Waals surface area contributed by atoms with Crippen LogP contribution in [0.25, 0.3) is 0 Å². The molecular weight excluding hydrogens is 276 g/mol. The Balaban J connectivity index is 2.75. The predicted octanol–water partition coefficient (Wildman–Crippen LogP) is 1.37. The zero-order chi connectivity index (χ0) is 13.5. The van der Waals surface area contributed by atoms with Crippen molar-refractivity contribution < 1.29 is 14.3 Å². The van der Waals surface area contributed by atoms with Gasteiger partial charge in [0.2, 0.25) is 0 Å². The molecule has 0 spiro atoms. The van der Waals surface area contributed by atoms with Gasteiger partial charge in [-0.2, -0.15) is 11.8 Å². The minimum absolute atomic E-state index is 0.164. The lowest BCUT2D eigenvalue weighted by Crippen LogP contribution is -2.43. The number of halogens is 1. The van der Waals surface area contributed by atoms with Gasteiger partial charge in [-0.3, -0.25) is 9.78 Å². The molecule has 18 heavy (non-hydrogen) atoms. The quantitative estimate of drug-likeness (QED) is 0.829. The number of methoxy groups -OCH3 is 1. The van der Waals surface area contributed by atoms with Crippen LogP contribution in [0.5, 0.6) is 0 Å². The van der Waals surface area contributed by atoms with Crippen LogP contribution in [-0.2, 0) is 9.53 Å². The van der Waals surface area contributed by atoms with Crippen molar-refractivity contribution in [3.05, 3.63) is 29.0 Å². The van der Waals surface area contributed by atoms with Gasteiger partial charge < -0.3 is 10.1 Å². The number of amides is 1. The summed E-state index contributed by atoms with van der Waals surface area (Å²) in [6.07, 6.45) is 3.26. The fraction of sp³-hybridized carbons (Fsp3) is 0.364. The summed E-state index contributed by atoms with van der Waals surface area (Å²) in [5.74, 6) is -0.513. The topological polar surface area (TPSA) is 68.3 Å². The van der Waals surface area contributed by atoms with E-state index >= 15 is 0 Å². The van der Waals surface area contributed by atoms with E-state index < -0.39 is 17.9 Å². The first-order valence-electron chi connectivity index (χ1n) is 5.07. The summed E-state index contributed by atoms with van der Waals surface area (Å²) >= 11 is 7.19. The Morgan fingerprint density at radius 3 is 2.89 bits per heavy atom. The van der Waals surface area contributed by atoms with Crippen LogP contribution >= 0.6 is 23.4 Å². The second-order valence-corrected chi connectivity index (χ2v) is 4.71. The van der Waals surface area contributed by atoms with Crippen LogP contribution < -0.4 is 5.32 Å². The lowest BCUT2D eigenvalue weighted by Gasteiger charge is -2.14. The lowest BCUT2D eigenvalue weighted by atomic mass is 10.3. The van der Waals surface area contributed by atoms with Gasteiger partial charge >= 0.3 is 5.97 Å². The maximum absolute atomic E-state index is 11.9. The van der Waals surface area contributed by atoms with Crippen LogP contribution in [0.15, 0.2) is 18.3 Å². The molecule has 1 N–H and O–H groups in total. The van der Waals surface area contributed by atoms with Crippen LogP contribution in [0.1, 0.15) is 10.5 Å². The molecule has 0 saturated carbocycles. The largest absolute Gasteiger partial charge is 0.467 e. The minimum Gasteiger partial charge on any atom is -0.467 e. The van der Waals surface area contributed by atoms with Crippen LogP contribution in [0.2, 0.25) is 5.02 Å². The van der Waals surface area contributed by atoms with Crippen molar-refractivity contribution in [1.29, 1.82) is 0 Å². The number of rotatable bonds is 5. The molecule has 0 radical (unpaired) electrons. The standard InChI is InChI=1S/C11H13ClN2O3S/c1-17-11(16)9(6-18-2)14-10(15)8-5-7(12)3-4-13-8/h3-5,9H,6H2,1-2H3,(H,14,15)/t9-/m0/s1. The highest BCUT2D eigenvalue weighted by atomic mass is 35.5. The molecule has 0 aliphatic rings. The summed E-state index contributed by atoms with van der Waals surface area (Å²) in [7, 11) is 1.28. The van der Waals surface area contributed by atoms with E-state index in [0.717, 1.165) is 0 Å². The average Bonchev–Trinajstić information content (AvgIpc) is 2.37. The molecule has 0 bridgehead atoms. The Morgan fingerprint density at radius 1 is 1.61 bits per heavy atom. The molecule has 1 rings (SSSR count). The van der Waals surface area contributed by atoms with Crippen molar-refractivity contribution in [3.8, 4) is 0 Å². The SMILES string of the molecule is COC(=O)[C@H](CSC)NC(=O)c1cc(Cl)ccn1. The fourth-order valence-corrected chi connectivity index (χ4v) is 1.95. The number of hydrogen-bond acceptors (Lipinski definition) is 5. The van der Waals surface area contributed by atoms with E-state index in [1.165, 1.54) is 31.1 Å². The van der Waals surface area contributed by atoms with Gasteiger partial charge in [-0.15, -0.1) is 0 Å². The Labute approximate surface area is 114 Å². The van der Waals surface area contributed by atoms with Gasteiger partial charge in [0.05, 0.1) is 7.11 Å². The number of esters is 1. The number of carbonyl (C=O) groups excluding carboxylic acids is 2. The third-order valence-corrected chi connectivity index (χ3v) is 2.98. The van der Waals surface area contributed by atoms with Gasteiger partial charge in [0.15, 0.2) is 0 Å². The maximum atomic E-state index is 11.9. The fourth-order valence-electron chi connectivity index (χ4n) is 1.24. The Kier molecular flexibility index (Phi) is 5.94. The first kappa shape index (κ1) is 14.8. The number of aromatic nitrogens is 1. The van der Waals surface area contributed by atoms with E-state index in [2.05, 4.69) is 15.0 Å². The van der Waals surface area contributed by atoms with Crippen molar-refractivity contribution >= 4 is 35.2 Å². The smallest absolute Gasteiger partial charge is 0.329 e. The highest BCUT2D eigenvalue weighted by Gasteiger charge is 2.22. The van der Waals surface area contributed by atoms with E-state index in [9.17, 15) is 9.59 Å². The van der Waals surface area contributed by atoms with Gasteiger partial charge in [0.25, 0.3) is 5.91 Å². The van der Waals surface area contributed by atoms with Crippen molar-refractivity contribution in [1.82, 2.24) is 10.3 Å². The van der Waals surface area contributed by atoms with E-state index in [1.54, 1.807) is 6.07 Å². The number of pyridine rings is 1. The molecule has 0 aliphatic carbocycles. The molecular formula is C11H13ClN2O3S. The van der Waals surface area contributed by atoms with Gasteiger partial charge in [-0.1, -0.05) is 11.6 Å². The van der Waals surface area contributed by atoms with E-state index in [-0.39, 0.29) is 5.69 Å². The molecule has 5 nitrogen and oxygen atoms in total. The van der Waals surface area contributed by atoms with Crippen LogP contribution in [0.4, 0.5) is 0 Å². The normalized spacial score (nSPS) is 11.7. The molecule has 98 valence electrons. The molecule has 1 atom stereocenters. The number of thioether (sulfide) groups is 1. The molecule has 7 heteroatoms. The molecule has 0 fully saturated rings. The average molecular weight is 289 g/mol. The Bertz CT molecular complexity index is 442. The lowest BCUT2D eigenvalue weighted by molar-refractivity contribution is -0.142. The van der Waals surface area contributed by atoms with Gasteiger partial charge in [-0.25, -0.2) is 4.79 Å².